The van der Waals surface area contributed by atoms with Gasteiger partial charge < -0.3 is 15.2 Å². The second-order valence-corrected chi connectivity index (χ2v) is 4.35. The molecule has 2 aliphatic rings. The van der Waals surface area contributed by atoms with Gasteiger partial charge in [-0.1, -0.05) is 6.42 Å². The summed E-state index contributed by atoms with van der Waals surface area (Å²) in [5, 5.41) is 13.9. The first-order valence-corrected chi connectivity index (χ1v) is 5.18. The second kappa shape index (κ2) is 3.66. The molecule has 0 aromatic carbocycles. The molecule has 3 nitrogen and oxygen atoms in total. The average molecular weight is 182 g/mol. The lowest BCUT2D eigenvalue weighted by Gasteiger charge is -2.43. The van der Waals surface area contributed by atoms with Crippen molar-refractivity contribution in [2.75, 3.05) is 13.1 Å². The number of nitrogens with one attached hydrogen (secondary N) is 1. The van der Waals surface area contributed by atoms with Crippen molar-refractivity contribution < 1.29 is 9.90 Å². The van der Waals surface area contributed by atoms with E-state index in [1.54, 1.807) is 0 Å². The highest BCUT2D eigenvalue weighted by atomic mass is 16.4. The van der Waals surface area contributed by atoms with Gasteiger partial charge in [0.15, 0.2) is 0 Å². The highest BCUT2D eigenvalue weighted by Crippen LogP contribution is 2.38. The minimum atomic E-state index is -0.871. The number of fused-ring (bicyclic) bond motifs is 2. The van der Waals surface area contributed by atoms with Crippen molar-refractivity contribution in [1.82, 2.24) is 5.32 Å². The topological polar surface area (TPSA) is 52.2 Å². The molecule has 0 aromatic heterocycles. The number of rotatable bonds is 2. The normalized spacial score (nSPS) is 38.6. The number of carbonyl (C=O) groups is 1. The summed E-state index contributed by atoms with van der Waals surface area (Å²) in [5.74, 6) is 0.694. The summed E-state index contributed by atoms with van der Waals surface area (Å²) < 4.78 is 0. The first kappa shape index (κ1) is 9.00. The molecule has 1 saturated heterocycles. The fourth-order valence-corrected chi connectivity index (χ4v) is 2.94. The van der Waals surface area contributed by atoms with Gasteiger partial charge in [-0.25, -0.2) is 0 Å². The molecule has 1 aliphatic carbocycles. The maximum absolute atomic E-state index is 10.6. The largest absolute Gasteiger partial charge is 0.550 e. The van der Waals surface area contributed by atoms with Crippen LogP contribution in [0.15, 0.2) is 0 Å². The smallest absolute Gasteiger partial charge is 0.0417 e. The summed E-state index contributed by atoms with van der Waals surface area (Å²) in [4.78, 5) is 10.6. The van der Waals surface area contributed by atoms with Crippen LogP contribution in [0.5, 0.6) is 0 Å². The van der Waals surface area contributed by atoms with Gasteiger partial charge in [-0.2, -0.15) is 0 Å². The van der Waals surface area contributed by atoms with Crippen molar-refractivity contribution >= 4 is 5.97 Å². The number of carboxylic acid groups (broad SMARTS) is 1. The van der Waals surface area contributed by atoms with E-state index in [0.717, 1.165) is 13.1 Å². The van der Waals surface area contributed by atoms with E-state index < -0.39 is 5.97 Å². The van der Waals surface area contributed by atoms with Crippen LogP contribution in [0.2, 0.25) is 0 Å². The lowest BCUT2D eigenvalue weighted by Crippen LogP contribution is -2.47. The first-order chi connectivity index (χ1) is 6.27. The molecule has 13 heavy (non-hydrogen) atoms. The molecule has 2 atom stereocenters. The van der Waals surface area contributed by atoms with Gasteiger partial charge >= 0.3 is 0 Å². The number of hydrogen-bond acceptors (Lipinski definition) is 3. The Kier molecular flexibility index (Phi) is 2.54. The zero-order valence-corrected chi connectivity index (χ0v) is 7.79. The van der Waals surface area contributed by atoms with Gasteiger partial charge in [-0.3, -0.25) is 0 Å². The van der Waals surface area contributed by atoms with Crippen LogP contribution in [0, 0.1) is 17.8 Å². The van der Waals surface area contributed by atoms with E-state index in [9.17, 15) is 9.90 Å². The van der Waals surface area contributed by atoms with Gasteiger partial charge in [-0.05, 0) is 50.1 Å². The van der Waals surface area contributed by atoms with Crippen LogP contribution >= 0.6 is 0 Å². The van der Waals surface area contributed by atoms with E-state index in [1.807, 2.05) is 0 Å². The molecule has 1 aliphatic heterocycles. The highest BCUT2D eigenvalue weighted by Gasteiger charge is 2.35. The van der Waals surface area contributed by atoms with E-state index >= 15 is 0 Å². The Bertz CT molecular complexity index is 183. The average Bonchev–Trinajstić information content (AvgIpc) is 2.02. The number of carbonyl (C=O) groups excluding carboxylic acids is 1. The molecular weight excluding hydrogens is 166 g/mol. The van der Waals surface area contributed by atoms with Crippen LogP contribution in [-0.4, -0.2) is 19.1 Å². The molecule has 0 aromatic rings. The van der Waals surface area contributed by atoms with E-state index in [0.29, 0.717) is 17.8 Å². The summed E-state index contributed by atoms with van der Waals surface area (Å²) in [6.45, 7) is 2.02. The molecule has 2 bridgehead atoms. The van der Waals surface area contributed by atoms with Crippen molar-refractivity contribution in [1.29, 1.82) is 0 Å². The molecule has 1 heterocycles. The van der Waals surface area contributed by atoms with Crippen molar-refractivity contribution in [2.24, 2.45) is 17.8 Å². The van der Waals surface area contributed by atoms with Crippen molar-refractivity contribution in [3.63, 3.8) is 0 Å². The second-order valence-electron chi connectivity index (χ2n) is 4.35. The van der Waals surface area contributed by atoms with Gasteiger partial charge in [0.2, 0.25) is 0 Å². The minimum Gasteiger partial charge on any atom is -0.550 e. The Morgan fingerprint density at radius 3 is 2.46 bits per heavy atom. The Balaban J connectivity index is 2.02. The number of carboxylic acids is 1. The molecule has 2 rings (SSSR count). The molecule has 0 radical (unpaired) electrons. The number of aliphatic carboxylic acids is 1. The van der Waals surface area contributed by atoms with E-state index in [-0.39, 0.29) is 6.42 Å². The van der Waals surface area contributed by atoms with Crippen LogP contribution in [0.1, 0.15) is 25.7 Å². The zero-order valence-electron chi connectivity index (χ0n) is 7.79. The third kappa shape index (κ3) is 1.85. The SMILES string of the molecule is O=C([O-])CC1C2CCCC1CNC2. The summed E-state index contributed by atoms with van der Waals surface area (Å²) in [6, 6.07) is 0. The predicted octanol–water partition coefficient (Wildman–Crippen LogP) is -0.238. The monoisotopic (exact) mass is 182 g/mol. The lowest BCUT2D eigenvalue weighted by atomic mass is 9.68. The van der Waals surface area contributed by atoms with Crippen LogP contribution in [0.3, 0.4) is 0 Å². The summed E-state index contributed by atoms with van der Waals surface area (Å²) in [7, 11) is 0. The fraction of sp³-hybridized carbons (Fsp3) is 0.900. The fourth-order valence-electron chi connectivity index (χ4n) is 2.94. The van der Waals surface area contributed by atoms with Crippen LogP contribution in [-0.2, 0) is 4.79 Å². The maximum atomic E-state index is 10.6. The summed E-state index contributed by atoms with van der Waals surface area (Å²) >= 11 is 0. The quantitative estimate of drug-likeness (QED) is 0.641. The van der Waals surface area contributed by atoms with Gasteiger partial charge in [0.05, 0.1) is 0 Å². The van der Waals surface area contributed by atoms with Crippen molar-refractivity contribution in [2.45, 2.75) is 25.7 Å². The van der Waals surface area contributed by atoms with Crippen LogP contribution < -0.4 is 10.4 Å². The lowest BCUT2D eigenvalue weighted by molar-refractivity contribution is -0.307. The van der Waals surface area contributed by atoms with Crippen LogP contribution in [0.4, 0.5) is 0 Å². The van der Waals surface area contributed by atoms with E-state index in [2.05, 4.69) is 5.32 Å². The van der Waals surface area contributed by atoms with Gasteiger partial charge in [0.1, 0.15) is 0 Å². The predicted molar refractivity (Wildman–Crippen MR) is 46.8 cm³/mol. The first-order valence-electron chi connectivity index (χ1n) is 5.18. The highest BCUT2D eigenvalue weighted by molar-refractivity contribution is 5.64. The Hall–Kier alpha value is -0.570. The number of hydrogen-bond donors (Lipinski definition) is 1. The molecule has 1 saturated carbocycles. The van der Waals surface area contributed by atoms with Crippen molar-refractivity contribution in [3.05, 3.63) is 0 Å². The minimum absolute atomic E-state index is 0.275. The third-order valence-electron chi connectivity index (χ3n) is 3.58. The van der Waals surface area contributed by atoms with E-state index in [4.69, 9.17) is 0 Å². The molecule has 74 valence electrons. The van der Waals surface area contributed by atoms with Crippen molar-refractivity contribution in [3.8, 4) is 0 Å². The third-order valence-corrected chi connectivity index (χ3v) is 3.58. The molecule has 1 N–H and O–H groups in total. The molecule has 0 spiro atoms. The van der Waals surface area contributed by atoms with Gasteiger partial charge in [0.25, 0.3) is 0 Å². The van der Waals surface area contributed by atoms with E-state index in [1.165, 1.54) is 19.3 Å². The van der Waals surface area contributed by atoms with Gasteiger partial charge in [-0.15, -0.1) is 0 Å². The number of piperidine rings is 1. The Morgan fingerprint density at radius 1 is 1.31 bits per heavy atom. The molecule has 0 amide bonds. The molecular formula is C10H16NO2-. The van der Waals surface area contributed by atoms with Crippen LogP contribution in [0.25, 0.3) is 0 Å². The Labute approximate surface area is 78.5 Å². The molecule has 3 heteroatoms. The summed E-state index contributed by atoms with van der Waals surface area (Å²) in [6.07, 6.45) is 3.94. The zero-order chi connectivity index (χ0) is 9.26. The molecule has 2 fully saturated rings. The van der Waals surface area contributed by atoms with Gasteiger partial charge in [0, 0.05) is 5.97 Å². The summed E-state index contributed by atoms with van der Waals surface area (Å²) in [5.41, 5.74) is 0. The maximum Gasteiger partial charge on any atom is 0.0417 e. The molecule has 2 unspecified atom stereocenters. The Morgan fingerprint density at radius 2 is 1.92 bits per heavy atom. The standard InChI is InChI=1S/C10H17NO2/c12-10(13)4-9-7-2-1-3-8(9)6-11-5-7/h7-9,11H,1-6H2,(H,12,13)/p-1.